The summed E-state index contributed by atoms with van der Waals surface area (Å²) in [6, 6.07) is 17.3. The first-order valence-electron chi connectivity index (χ1n) is 10.3. The molecule has 0 spiro atoms. The molecule has 1 N–H and O–H groups in total. The predicted molar refractivity (Wildman–Crippen MR) is 120 cm³/mol. The van der Waals surface area contributed by atoms with Gasteiger partial charge in [-0.25, -0.2) is 8.78 Å². The molecule has 0 aromatic heterocycles. The van der Waals surface area contributed by atoms with Crippen LogP contribution in [0.2, 0.25) is 0 Å². The van der Waals surface area contributed by atoms with E-state index in [1.165, 1.54) is 41.3 Å². The van der Waals surface area contributed by atoms with Crippen LogP contribution in [-0.2, 0) is 16.0 Å². The molecule has 0 atom stereocenters. The highest BCUT2D eigenvalue weighted by molar-refractivity contribution is 6.36. The van der Waals surface area contributed by atoms with Crippen molar-refractivity contribution >= 4 is 23.1 Å². The minimum absolute atomic E-state index is 0.145. The highest BCUT2D eigenvalue weighted by atomic mass is 19.1. The smallest absolute Gasteiger partial charge is 0.278 e. The zero-order chi connectivity index (χ0) is 22.8. The summed E-state index contributed by atoms with van der Waals surface area (Å²) in [5.41, 5.74) is 4.29. The first kappa shape index (κ1) is 21.4. The SMILES string of the molecule is Cc1ccc(C)c(NC2=C(c3ccc(F)cc3)C(=O)N(CCc3ccc(F)cc3)C2=O)c1. The third kappa shape index (κ3) is 4.30. The minimum atomic E-state index is -0.448. The number of amides is 2. The van der Waals surface area contributed by atoms with Gasteiger partial charge in [-0.05, 0) is 72.9 Å². The summed E-state index contributed by atoms with van der Waals surface area (Å²) in [6.45, 7) is 4.00. The Hall–Kier alpha value is -3.80. The van der Waals surface area contributed by atoms with E-state index in [2.05, 4.69) is 5.32 Å². The monoisotopic (exact) mass is 432 g/mol. The molecule has 0 bridgehead atoms. The van der Waals surface area contributed by atoms with E-state index in [-0.39, 0.29) is 23.6 Å². The maximum absolute atomic E-state index is 13.5. The zero-order valence-electron chi connectivity index (χ0n) is 17.8. The van der Waals surface area contributed by atoms with Gasteiger partial charge in [-0.3, -0.25) is 14.5 Å². The lowest BCUT2D eigenvalue weighted by Crippen LogP contribution is -2.34. The van der Waals surface area contributed by atoms with Crippen LogP contribution in [0, 0.1) is 25.5 Å². The fraction of sp³-hybridized carbons (Fsp3) is 0.154. The third-order valence-electron chi connectivity index (χ3n) is 5.49. The highest BCUT2D eigenvalue weighted by Gasteiger charge is 2.39. The Morgan fingerprint density at radius 1 is 0.812 bits per heavy atom. The molecule has 4 nitrogen and oxygen atoms in total. The fourth-order valence-corrected chi connectivity index (χ4v) is 3.68. The van der Waals surface area contributed by atoms with E-state index in [1.807, 2.05) is 32.0 Å². The van der Waals surface area contributed by atoms with Crippen LogP contribution in [0.25, 0.3) is 5.57 Å². The topological polar surface area (TPSA) is 49.4 Å². The van der Waals surface area contributed by atoms with Crippen LogP contribution in [0.4, 0.5) is 14.5 Å². The van der Waals surface area contributed by atoms with Gasteiger partial charge in [0.15, 0.2) is 0 Å². The van der Waals surface area contributed by atoms with Gasteiger partial charge in [-0.1, -0.05) is 36.4 Å². The van der Waals surface area contributed by atoms with E-state index in [0.29, 0.717) is 12.0 Å². The Morgan fingerprint density at radius 3 is 2.09 bits per heavy atom. The lowest BCUT2D eigenvalue weighted by atomic mass is 10.0. The Bertz CT molecular complexity index is 1220. The number of imide groups is 1. The van der Waals surface area contributed by atoms with E-state index >= 15 is 0 Å². The molecule has 3 aromatic carbocycles. The minimum Gasteiger partial charge on any atom is -0.350 e. The molecule has 0 aliphatic carbocycles. The van der Waals surface area contributed by atoms with E-state index in [4.69, 9.17) is 0 Å². The van der Waals surface area contributed by atoms with Crippen molar-refractivity contribution in [1.82, 2.24) is 4.90 Å². The maximum atomic E-state index is 13.5. The zero-order valence-corrected chi connectivity index (χ0v) is 17.8. The first-order chi connectivity index (χ1) is 15.3. The van der Waals surface area contributed by atoms with Gasteiger partial charge in [0.25, 0.3) is 11.8 Å². The van der Waals surface area contributed by atoms with Crippen LogP contribution >= 0.6 is 0 Å². The van der Waals surface area contributed by atoms with E-state index in [0.717, 1.165) is 22.4 Å². The second-order valence-electron chi connectivity index (χ2n) is 7.84. The van der Waals surface area contributed by atoms with Crippen molar-refractivity contribution in [2.45, 2.75) is 20.3 Å². The average Bonchev–Trinajstić information content (AvgIpc) is 3.00. The molecule has 2 amide bonds. The first-order valence-corrected chi connectivity index (χ1v) is 10.3. The van der Waals surface area contributed by atoms with Gasteiger partial charge >= 0.3 is 0 Å². The molecule has 1 aliphatic heterocycles. The molecule has 32 heavy (non-hydrogen) atoms. The Morgan fingerprint density at radius 2 is 1.44 bits per heavy atom. The predicted octanol–water partition coefficient (Wildman–Crippen LogP) is 5.02. The normalized spacial score (nSPS) is 13.8. The van der Waals surface area contributed by atoms with Gasteiger partial charge < -0.3 is 5.32 Å². The molecular weight excluding hydrogens is 410 g/mol. The van der Waals surface area contributed by atoms with Gasteiger partial charge in [-0.15, -0.1) is 0 Å². The molecule has 1 aliphatic rings. The quantitative estimate of drug-likeness (QED) is 0.557. The summed E-state index contributed by atoms with van der Waals surface area (Å²) in [5, 5.41) is 3.15. The molecule has 0 fully saturated rings. The molecule has 162 valence electrons. The third-order valence-corrected chi connectivity index (χ3v) is 5.49. The number of anilines is 1. The number of carbonyl (C=O) groups is 2. The lowest BCUT2D eigenvalue weighted by molar-refractivity contribution is -0.136. The van der Waals surface area contributed by atoms with Gasteiger partial charge in [0.1, 0.15) is 17.3 Å². The number of hydrogen-bond acceptors (Lipinski definition) is 3. The summed E-state index contributed by atoms with van der Waals surface area (Å²) < 4.78 is 26.7. The van der Waals surface area contributed by atoms with Gasteiger partial charge in [0.05, 0.1) is 5.57 Å². The average molecular weight is 432 g/mol. The molecule has 3 aromatic rings. The summed E-state index contributed by atoms with van der Waals surface area (Å²) >= 11 is 0. The molecule has 1 heterocycles. The van der Waals surface area contributed by atoms with Crippen molar-refractivity contribution in [3.8, 4) is 0 Å². The molecule has 4 rings (SSSR count). The van der Waals surface area contributed by atoms with Crippen LogP contribution in [-0.4, -0.2) is 23.3 Å². The van der Waals surface area contributed by atoms with Crippen LogP contribution in [0.1, 0.15) is 22.3 Å². The molecule has 0 radical (unpaired) electrons. The summed E-state index contributed by atoms with van der Waals surface area (Å²) in [4.78, 5) is 27.8. The van der Waals surface area contributed by atoms with Crippen LogP contribution < -0.4 is 5.32 Å². The number of carbonyl (C=O) groups excluding carboxylic acids is 2. The number of halogens is 2. The van der Waals surface area contributed by atoms with E-state index in [1.54, 1.807) is 12.1 Å². The summed E-state index contributed by atoms with van der Waals surface area (Å²) in [5.74, 6) is -1.67. The molecular formula is C26H22F2N2O2. The van der Waals surface area contributed by atoms with Gasteiger partial charge in [0, 0.05) is 12.2 Å². The second-order valence-corrected chi connectivity index (χ2v) is 7.84. The number of benzene rings is 3. The number of aryl methyl sites for hydroxylation is 2. The van der Waals surface area contributed by atoms with Crippen LogP contribution in [0.5, 0.6) is 0 Å². The highest BCUT2D eigenvalue weighted by Crippen LogP contribution is 2.32. The molecule has 0 unspecified atom stereocenters. The number of rotatable bonds is 6. The van der Waals surface area contributed by atoms with Gasteiger partial charge in [-0.2, -0.15) is 0 Å². The fourth-order valence-electron chi connectivity index (χ4n) is 3.68. The van der Waals surface area contributed by atoms with E-state index < -0.39 is 17.6 Å². The number of nitrogens with zero attached hydrogens (tertiary/aromatic N) is 1. The second kappa shape index (κ2) is 8.75. The number of nitrogens with one attached hydrogen (secondary N) is 1. The van der Waals surface area contributed by atoms with Gasteiger partial charge in [0.2, 0.25) is 0 Å². The van der Waals surface area contributed by atoms with Crippen molar-refractivity contribution in [2.24, 2.45) is 0 Å². The lowest BCUT2D eigenvalue weighted by Gasteiger charge is -2.16. The van der Waals surface area contributed by atoms with Crippen molar-refractivity contribution in [1.29, 1.82) is 0 Å². The Kier molecular flexibility index (Phi) is 5.86. The van der Waals surface area contributed by atoms with Crippen molar-refractivity contribution in [3.05, 3.63) is 106 Å². The Labute approximate surface area is 185 Å². The van der Waals surface area contributed by atoms with Crippen molar-refractivity contribution in [2.75, 3.05) is 11.9 Å². The molecule has 0 saturated carbocycles. The summed E-state index contributed by atoms with van der Waals surface area (Å²) in [6.07, 6.45) is 0.394. The molecule has 6 heteroatoms. The largest absolute Gasteiger partial charge is 0.350 e. The summed E-state index contributed by atoms with van der Waals surface area (Å²) in [7, 11) is 0. The molecule has 0 saturated heterocycles. The van der Waals surface area contributed by atoms with Crippen molar-refractivity contribution < 1.29 is 18.4 Å². The van der Waals surface area contributed by atoms with E-state index in [9.17, 15) is 18.4 Å². The number of hydrogen-bond donors (Lipinski definition) is 1. The maximum Gasteiger partial charge on any atom is 0.278 e. The standard InChI is InChI=1S/C26H22F2N2O2/c1-16-3-4-17(2)22(15-16)29-24-23(19-7-11-21(28)12-8-19)25(31)30(26(24)32)14-13-18-5-9-20(27)10-6-18/h3-12,15,29H,13-14H2,1-2H3. The van der Waals surface area contributed by atoms with Crippen molar-refractivity contribution in [3.63, 3.8) is 0 Å². The van der Waals surface area contributed by atoms with Crippen LogP contribution in [0.3, 0.4) is 0 Å². The Balaban J connectivity index is 1.68. The van der Waals surface area contributed by atoms with Crippen LogP contribution in [0.15, 0.2) is 72.4 Å².